The smallest absolute Gasteiger partial charge is 0.224 e. The molecule has 0 radical (unpaired) electrons. The van der Waals surface area contributed by atoms with Crippen LogP contribution in [-0.4, -0.2) is 5.91 Å². The second kappa shape index (κ2) is 6.97. The molecule has 0 spiro atoms. The summed E-state index contributed by atoms with van der Waals surface area (Å²) >= 11 is 11.9. The molecule has 0 aliphatic rings. The normalized spacial score (nSPS) is 10.5. The fraction of sp³-hybridized carbons (Fsp3) is 0.235. The van der Waals surface area contributed by atoms with Crippen LogP contribution in [0.2, 0.25) is 10.0 Å². The molecular weight excluding hydrogens is 305 g/mol. The van der Waals surface area contributed by atoms with Crippen LogP contribution in [0.5, 0.6) is 0 Å². The molecule has 2 rings (SSSR count). The molecule has 0 atom stereocenters. The topological polar surface area (TPSA) is 29.1 Å². The van der Waals surface area contributed by atoms with E-state index in [0.717, 1.165) is 11.1 Å². The van der Waals surface area contributed by atoms with Gasteiger partial charge in [-0.25, -0.2) is 0 Å². The highest BCUT2D eigenvalue weighted by Crippen LogP contribution is 2.20. The van der Waals surface area contributed by atoms with Crippen LogP contribution >= 0.6 is 23.2 Å². The van der Waals surface area contributed by atoms with Gasteiger partial charge in [0.05, 0.1) is 6.42 Å². The molecule has 0 aliphatic carbocycles. The van der Waals surface area contributed by atoms with Gasteiger partial charge in [0, 0.05) is 16.6 Å². The van der Waals surface area contributed by atoms with Gasteiger partial charge in [-0.3, -0.25) is 4.79 Å². The number of aryl methyl sites for hydroxylation is 2. The summed E-state index contributed by atoms with van der Waals surface area (Å²) in [4.78, 5) is 12.0. The van der Waals surface area contributed by atoms with Crippen LogP contribution < -0.4 is 5.32 Å². The number of rotatable bonds is 4. The fourth-order valence-corrected chi connectivity index (χ4v) is 2.50. The van der Waals surface area contributed by atoms with Gasteiger partial charge >= 0.3 is 0 Å². The molecule has 0 saturated heterocycles. The lowest BCUT2D eigenvalue weighted by molar-refractivity contribution is -0.120. The molecule has 4 heteroatoms. The largest absolute Gasteiger partial charge is 0.352 e. The Kier molecular flexibility index (Phi) is 5.27. The lowest BCUT2D eigenvalue weighted by Crippen LogP contribution is -2.24. The Labute approximate surface area is 135 Å². The second-order valence-electron chi connectivity index (χ2n) is 5.11. The number of amides is 1. The van der Waals surface area contributed by atoms with Gasteiger partial charge in [0.2, 0.25) is 5.91 Å². The zero-order valence-corrected chi connectivity index (χ0v) is 13.6. The third-order valence-electron chi connectivity index (χ3n) is 3.43. The van der Waals surface area contributed by atoms with Gasteiger partial charge in [0.25, 0.3) is 0 Å². The van der Waals surface area contributed by atoms with Crippen molar-refractivity contribution in [3.8, 4) is 0 Å². The minimum atomic E-state index is -0.0238. The molecule has 1 N–H and O–H groups in total. The first-order valence-corrected chi connectivity index (χ1v) is 7.48. The van der Waals surface area contributed by atoms with Crippen molar-refractivity contribution in [1.82, 2.24) is 5.32 Å². The number of hydrogen-bond donors (Lipinski definition) is 1. The molecule has 2 nitrogen and oxygen atoms in total. The Morgan fingerprint density at radius 3 is 2.48 bits per heavy atom. The van der Waals surface area contributed by atoms with Crippen LogP contribution in [0, 0.1) is 13.8 Å². The molecule has 2 aromatic carbocycles. The minimum absolute atomic E-state index is 0.0238. The zero-order valence-electron chi connectivity index (χ0n) is 12.0. The summed E-state index contributed by atoms with van der Waals surface area (Å²) in [5.41, 5.74) is 4.29. The standard InChI is InChI=1S/C17H17Cl2NO/c1-11-3-4-13(7-12(11)2)8-17(21)20-10-14-5-6-15(18)9-16(14)19/h3-7,9H,8,10H2,1-2H3,(H,20,21). The highest BCUT2D eigenvalue weighted by molar-refractivity contribution is 6.35. The maximum absolute atomic E-state index is 12.0. The number of carbonyl (C=O) groups is 1. The molecule has 21 heavy (non-hydrogen) atoms. The van der Waals surface area contributed by atoms with E-state index in [2.05, 4.69) is 12.2 Å². The van der Waals surface area contributed by atoms with E-state index in [-0.39, 0.29) is 5.91 Å². The Hall–Kier alpha value is -1.51. The quantitative estimate of drug-likeness (QED) is 0.884. The first-order chi connectivity index (χ1) is 9.95. The molecule has 1 amide bonds. The molecule has 0 bridgehead atoms. The lowest BCUT2D eigenvalue weighted by Gasteiger charge is -2.08. The van der Waals surface area contributed by atoms with Crippen molar-refractivity contribution in [2.45, 2.75) is 26.8 Å². The number of nitrogens with one attached hydrogen (secondary N) is 1. The van der Waals surface area contributed by atoms with E-state index in [0.29, 0.717) is 23.0 Å². The third-order valence-corrected chi connectivity index (χ3v) is 4.01. The highest BCUT2D eigenvalue weighted by Gasteiger charge is 2.06. The number of hydrogen-bond acceptors (Lipinski definition) is 1. The van der Waals surface area contributed by atoms with E-state index >= 15 is 0 Å². The predicted octanol–water partition coefficient (Wildman–Crippen LogP) is 4.47. The van der Waals surface area contributed by atoms with Crippen LogP contribution in [0.3, 0.4) is 0 Å². The van der Waals surface area contributed by atoms with E-state index in [9.17, 15) is 4.79 Å². The lowest BCUT2D eigenvalue weighted by atomic mass is 10.0. The van der Waals surface area contributed by atoms with Crippen LogP contribution in [-0.2, 0) is 17.8 Å². The highest BCUT2D eigenvalue weighted by atomic mass is 35.5. The zero-order chi connectivity index (χ0) is 15.4. The predicted molar refractivity (Wildman–Crippen MR) is 87.9 cm³/mol. The first-order valence-electron chi connectivity index (χ1n) is 6.72. The summed E-state index contributed by atoms with van der Waals surface area (Å²) < 4.78 is 0. The Balaban J connectivity index is 1.94. The van der Waals surface area contributed by atoms with Crippen LogP contribution in [0.15, 0.2) is 36.4 Å². The maximum atomic E-state index is 12.0. The van der Waals surface area contributed by atoms with Crippen LogP contribution in [0.25, 0.3) is 0 Å². The van der Waals surface area contributed by atoms with Crippen LogP contribution in [0.4, 0.5) is 0 Å². The maximum Gasteiger partial charge on any atom is 0.224 e. The van der Waals surface area contributed by atoms with E-state index in [1.165, 1.54) is 11.1 Å². The summed E-state index contributed by atoms with van der Waals surface area (Å²) in [5, 5.41) is 4.03. The molecule has 110 valence electrons. The van der Waals surface area contributed by atoms with Crippen molar-refractivity contribution in [2.75, 3.05) is 0 Å². The third kappa shape index (κ3) is 4.48. The van der Waals surface area contributed by atoms with Gasteiger partial charge in [-0.15, -0.1) is 0 Å². The molecule has 2 aromatic rings. The summed E-state index contributed by atoms with van der Waals surface area (Å²) in [6, 6.07) is 11.3. The van der Waals surface area contributed by atoms with E-state index in [4.69, 9.17) is 23.2 Å². The molecule has 0 unspecified atom stereocenters. The average Bonchev–Trinajstić information content (AvgIpc) is 2.42. The molecule has 0 fully saturated rings. The first kappa shape index (κ1) is 15.9. The Bertz CT molecular complexity index is 668. The second-order valence-corrected chi connectivity index (χ2v) is 5.95. The van der Waals surface area contributed by atoms with Gasteiger partial charge in [0.1, 0.15) is 0 Å². The number of benzene rings is 2. The van der Waals surface area contributed by atoms with Crippen LogP contribution in [0.1, 0.15) is 22.3 Å². The molecular formula is C17H17Cl2NO. The Morgan fingerprint density at radius 2 is 1.81 bits per heavy atom. The van der Waals surface area contributed by atoms with Crippen molar-refractivity contribution in [3.63, 3.8) is 0 Å². The van der Waals surface area contributed by atoms with Crippen molar-refractivity contribution < 1.29 is 4.79 Å². The van der Waals surface area contributed by atoms with Crippen molar-refractivity contribution >= 4 is 29.1 Å². The van der Waals surface area contributed by atoms with Gasteiger partial charge in [0.15, 0.2) is 0 Å². The van der Waals surface area contributed by atoms with Crippen molar-refractivity contribution in [3.05, 3.63) is 68.7 Å². The van der Waals surface area contributed by atoms with E-state index < -0.39 is 0 Å². The molecule has 0 heterocycles. The monoisotopic (exact) mass is 321 g/mol. The summed E-state index contributed by atoms with van der Waals surface area (Å²) in [6.07, 6.45) is 0.367. The van der Waals surface area contributed by atoms with Crippen molar-refractivity contribution in [2.24, 2.45) is 0 Å². The van der Waals surface area contributed by atoms with Gasteiger partial charge < -0.3 is 5.32 Å². The molecule has 0 aromatic heterocycles. The number of carbonyl (C=O) groups excluding carboxylic acids is 1. The van der Waals surface area contributed by atoms with Gasteiger partial charge in [-0.1, -0.05) is 47.5 Å². The minimum Gasteiger partial charge on any atom is -0.352 e. The average molecular weight is 322 g/mol. The van der Waals surface area contributed by atoms with E-state index in [1.807, 2.05) is 31.2 Å². The number of halogens is 2. The SMILES string of the molecule is Cc1ccc(CC(=O)NCc2ccc(Cl)cc2Cl)cc1C. The molecule has 0 aliphatic heterocycles. The van der Waals surface area contributed by atoms with Gasteiger partial charge in [-0.2, -0.15) is 0 Å². The van der Waals surface area contributed by atoms with E-state index in [1.54, 1.807) is 12.1 Å². The summed E-state index contributed by atoms with van der Waals surface area (Å²) in [6.45, 7) is 4.51. The van der Waals surface area contributed by atoms with Crippen molar-refractivity contribution in [1.29, 1.82) is 0 Å². The summed E-state index contributed by atoms with van der Waals surface area (Å²) in [5.74, 6) is -0.0238. The Morgan fingerprint density at radius 1 is 1.05 bits per heavy atom. The molecule has 0 saturated carbocycles. The summed E-state index contributed by atoms with van der Waals surface area (Å²) in [7, 11) is 0. The fourth-order valence-electron chi connectivity index (χ4n) is 2.02. The van der Waals surface area contributed by atoms with Gasteiger partial charge in [-0.05, 0) is 48.2 Å².